The minimum Gasteiger partial charge on any atom is -0.295 e. The molecule has 1 nitrogen and oxygen atoms in total. The summed E-state index contributed by atoms with van der Waals surface area (Å²) >= 11 is 0. The van der Waals surface area contributed by atoms with Crippen LogP contribution in [0, 0.1) is 13.8 Å². The first-order chi connectivity index (χ1) is 14.0. The molecule has 4 aromatic rings. The molecule has 0 radical (unpaired) electrons. The monoisotopic (exact) mass is 378 g/mol. The Balaban J connectivity index is 0.000000224. The largest absolute Gasteiger partial charge is 0.295 e. The molecule has 0 aliphatic rings. The second-order valence-electron chi connectivity index (χ2n) is 7.24. The van der Waals surface area contributed by atoms with Crippen LogP contribution in [0.2, 0.25) is 0 Å². The summed E-state index contributed by atoms with van der Waals surface area (Å²) in [6.07, 6.45) is 0. The predicted octanol–water partition coefficient (Wildman–Crippen LogP) is 7.53. The molecule has 0 unspecified atom stereocenters. The van der Waals surface area contributed by atoms with Crippen molar-refractivity contribution in [1.29, 1.82) is 0 Å². The van der Waals surface area contributed by atoms with E-state index in [2.05, 4.69) is 86.6 Å². The Morgan fingerprint density at radius 2 is 1.03 bits per heavy atom. The molecular weight excluding hydrogens is 352 g/mol. The third-order valence-corrected chi connectivity index (χ3v) is 4.80. The van der Waals surface area contributed by atoms with Crippen molar-refractivity contribution >= 4 is 5.78 Å². The van der Waals surface area contributed by atoms with E-state index in [0.717, 1.165) is 5.56 Å². The summed E-state index contributed by atoms with van der Waals surface area (Å²) in [5.74, 6) is 0.121. The van der Waals surface area contributed by atoms with Crippen molar-refractivity contribution in [2.45, 2.75) is 20.8 Å². The second-order valence-corrected chi connectivity index (χ2v) is 7.24. The molecule has 0 saturated heterocycles. The zero-order valence-electron chi connectivity index (χ0n) is 17.2. The number of hydrogen-bond donors (Lipinski definition) is 0. The van der Waals surface area contributed by atoms with Crippen molar-refractivity contribution in [3.8, 4) is 22.3 Å². The van der Waals surface area contributed by atoms with Crippen LogP contribution in [0.4, 0.5) is 0 Å². The van der Waals surface area contributed by atoms with Crippen molar-refractivity contribution in [3.63, 3.8) is 0 Å². The summed E-state index contributed by atoms with van der Waals surface area (Å²) in [7, 11) is 0. The highest BCUT2D eigenvalue weighted by molar-refractivity contribution is 5.93. The lowest BCUT2D eigenvalue weighted by Crippen LogP contribution is -1.88. The van der Waals surface area contributed by atoms with Crippen molar-refractivity contribution in [3.05, 3.63) is 120 Å². The Bertz CT molecular complexity index is 1060. The minimum atomic E-state index is 0.121. The third-order valence-electron chi connectivity index (χ3n) is 4.80. The summed E-state index contributed by atoms with van der Waals surface area (Å²) in [5, 5.41) is 0. The number of carbonyl (C=O) groups excluding carboxylic acids is 1. The Kier molecular flexibility index (Phi) is 6.76. The molecule has 0 heterocycles. The SMILES string of the molecule is CC(=O)c1ccccc1.Cc1ccc(-c2ccc(-c3cccc(C)c3)cc2)cc1. The lowest BCUT2D eigenvalue weighted by Gasteiger charge is -2.06. The minimum absolute atomic E-state index is 0.121. The van der Waals surface area contributed by atoms with Gasteiger partial charge in [-0.2, -0.15) is 0 Å². The van der Waals surface area contributed by atoms with Crippen LogP contribution in [0.5, 0.6) is 0 Å². The second kappa shape index (κ2) is 9.66. The summed E-state index contributed by atoms with van der Waals surface area (Å²) in [5.41, 5.74) is 8.45. The van der Waals surface area contributed by atoms with E-state index >= 15 is 0 Å². The van der Waals surface area contributed by atoms with Gasteiger partial charge in [0.1, 0.15) is 0 Å². The van der Waals surface area contributed by atoms with Gasteiger partial charge in [0.15, 0.2) is 5.78 Å². The number of hydrogen-bond acceptors (Lipinski definition) is 1. The number of rotatable bonds is 3. The maximum absolute atomic E-state index is 10.6. The van der Waals surface area contributed by atoms with Crippen LogP contribution >= 0.6 is 0 Å². The van der Waals surface area contributed by atoms with Gasteiger partial charge in [0, 0.05) is 5.56 Å². The molecule has 0 aromatic heterocycles. The normalized spacial score (nSPS) is 10.0. The highest BCUT2D eigenvalue weighted by atomic mass is 16.1. The van der Waals surface area contributed by atoms with Crippen LogP contribution in [0.1, 0.15) is 28.4 Å². The van der Waals surface area contributed by atoms with Crippen LogP contribution < -0.4 is 0 Å². The Morgan fingerprint density at radius 1 is 0.517 bits per heavy atom. The summed E-state index contributed by atoms with van der Waals surface area (Å²) in [6.45, 7) is 5.81. The molecule has 0 bridgehead atoms. The van der Waals surface area contributed by atoms with Gasteiger partial charge in [0.05, 0.1) is 0 Å². The quantitative estimate of drug-likeness (QED) is 0.337. The first-order valence-electron chi connectivity index (χ1n) is 9.83. The Labute approximate surface area is 173 Å². The highest BCUT2D eigenvalue weighted by Gasteiger charge is 2.00. The van der Waals surface area contributed by atoms with E-state index in [4.69, 9.17) is 0 Å². The number of aryl methyl sites for hydroxylation is 2. The van der Waals surface area contributed by atoms with Gasteiger partial charge in [-0.3, -0.25) is 4.79 Å². The van der Waals surface area contributed by atoms with Crippen LogP contribution in [0.3, 0.4) is 0 Å². The lowest BCUT2D eigenvalue weighted by molar-refractivity contribution is 0.101. The fourth-order valence-electron chi connectivity index (χ4n) is 3.10. The molecule has 0 atom stereocenters. The molecule has 144 valence electrons. The van der Waals surface area contributed by atoms with Gasteiger partial charge in [-0.05, 0) is 43.0 Å². The highest BCUT2D eigenvalue weighted by Crippen LogP contribution is 2.25. The van der Waals surface area contributed by atoms with Gasteiger partial charge in [0.25, 0.3) is 0 Å². The molecule has 0 fully saturated rings. The van der Waals surface area contributed by atoms with Crippen LogP contribution in [-0.2, 0) is 0 Å². The van der Waals surface area contributed by atoms with E-state index < -0.39 is 0 Å². The topological polar surface area (TPSA) is 17.1 Å². The number of Topliss-reactive ketones (excluding diaryl/α,β-unsaturated/α-hetero) is 1. The van der Waals surface area contributed by atoms with Gasteiger partial charge in [0.2, 0.25) is 0 Å². The summed E-state index contributed by atoms with van der Waals surface area (Å²) < 4.78 is 0. The van der Waals surface area contributed by atoms with Crippen LogP contribution in [0.15, 0.2) is 103 Å². The summed E-state index contributed by atoms with van der Waals surface area (Å²) in [4.78, 5) is 10.6. The first-order valence-corrected chi connectivity index (χ1v) is 9.83. The van der Waals surface area contributed by atoms with Crippen molar-refractivity contribution in [2.24, 2.45) is 0 Å². The molecule has 0 spiro atoms. The van der Waals surface area contributed by atoms with Crippen molar-refractivity contribution < 1.29 is 4.79 Å². The van der Waals surface area contributed by atoms with Gasteiger partial charge in [-0.25, -0.2) is 0 Å². The number of ketones is 1. The maximum atomic E-state index is 10.6. The van der Waals surface area contributed by atoms with E-state index in [1.165, 1.54) is 33.4 Å². The van der Waals surface area contributed by atoms with Gasteiger partial charge >= 0.3 is 0 Å². The Morgan fingerprint density at radius 3 is 1.52 bits per heavy atom. The van der Waals surface area contributed by atoms with E-state index in [1.54, 1.807) is 6.92 Å². The van der Waals surface area contributed by atoms with Crippen molar-refractivity contribution in [2.75, 3.05) is 0 Å². The molecule has 4 aromatic carbocycles. The van der Waals surface area contributed by atoms with Gasteiger partial charge in [-0.1, -0.05) is 114 Å². The smallest absolute Gasteiger partial charge is 0.159 e. The molecule has 0 amide bonds. The average molecular weight is 379 g/mol. The third kappa shape index (κ3) is 5.76. The van der Waals surface area contributed by atoms with Gasteiger partial charge < -0.3 is 0 Å². The zero-order valence-corrected chi connectivity index (χ0v) is 17.2. The molecule has 1 heteroatoms. The average Bonchev–Trinajstić information content (AvgIpc) is 2.75. The predicted molar refractivity (Wildman–Crippen MR) is 123 cm³/mol. The van der Waals surface area contributed by atoms with Crippen molar-refractivity contribution in [1.82, 2.24) is 0 Å². The standard InChI is InChI=1S/C20H18.C8H8O/c1-15-6-8-17(9-7-15)18-10-12-19(13-11-18)20-5-3-4-16(2)14-20;1-7(9)8-5-3-2-4-6-8/h3-14H,1-2H3;2-6H,1H3. The fourth-order valence-corrected chi connectivity index (χ4v) is 3.10. The fraction of sp³-hybridized carbons (Fsp3) is 0.107. The zero-order chi connectivity index (χ0) is 20.6. The number of carbonyl (C=O) groups is 1. The Hall–Kier alpha value is -3.45. The lowest BCUT2D eigenvalue weighted by atomic mass is 9.99. The molecule has 0 saturated carbocycles. The van der Waals surface area contributed by atoms with E-state index in [-0.39, 0.29) is 5.78 Å². The van der Waals surface area contributed by atoms with Crippen LogP contribution in [-0.4, -0.2) is 5.78 Å². The van der Waals surface area contributed by atoms with Crippen LogP contribution in [0.25, 0.3) is 22.3 Å². The maximum Gasteiger partial charge on any atom is 0.159 e. The van der Waals surface area contributed by atoms with E-state index in [9.17, 15) is 4.79 Å². The molecule has 0 aliphatic heterocycles. The molecule has 4 rings (SSSR count). The summed E-state index contributed by atoms with van der Waals surface area (Å²) in [6, 6.07) is 35.3. The molecule has 0 N–H and O–H groups in total. The molecular formula is C28H26O. The molecule has 0 aliphatic carbocycles. The number of benzene rings is 4. The van der Waals surface area contributed by atoms with Gasteiger partial charge in [-0.15, -0.1) is 0 Å². The van der Waals surface area contributed by atoms with E-state index in [0.29, 0.717) is 0 Å². The van der Waals surface area contributed by atoms with E-state index in [1.807, 2.05) is 30.3 Å². The first kappa shape index (κ1) is 20.3. The molecule has 29 heavy (non-hydrogen) atoms.